The molecule has 0 amide bonds. The van der Waals surface area contributed by atoms with Crippen LogP contribution in [0.25, 0.3) is 0 Å². The van der Waals surface area contributed by atoms with E-state index in [9.17, 15) is 4.89 Å². The molecule has 0 aliphatic heterocycles. The van der Waals surface area contributed by atoms with E-state index in [1.54, 1.807) is 6.92 Å². The van der Waals surface area contributed by atoms with Gasteiger partial charge in [-0.3, -0.25) is 0 Å². The molecular weight excluding hydrogens is 190 g/mol. The van der Waals surface area contributed by atoms with Crippen LogP contribution in [-0.2, 0) is 14.0 Å². The normalized spacial score (nSPS) is 12.0. The van der Waals surface area contributed by atoms with Gasteiger partial charge in [0.05, 0.1) is 0 Å². The average Bonchev–Trinajstić information content (AvgIpc) is 1.88. The van der Waals surface area contributed by atoms with Gasteiger partial charge in [0.1, 0.15) is 0 Å². The van der Waals surface area contributed by atoms with Gasteiger partial charge in [-0.05, 0) is 13.8 Å². The molecule has 0 aromatic rings. The third-order valence-electron chi connectivity index (χ3n) is 1.04. The van der Waals surface area contributed by atoms with Gasteiger partial charge in [0.15, 0.2) is 0 Å². The molecule has 12 heavy (non-hydrogen) atoms. The third kappa shape index (κ3) is 6.75. The second-order valence-corrected chi connectivity index (χ2v) is 2.28. The van der Waals surface area contributed by atoms with Crippen LogP contribution in [-0.4, -0.2) is 19.2 Å². The van der Waals surface area contributed by atoms with Crippen molar-refractivity contribution in [3.05, 3.63) is 0 Å². The summed E-state index contributed by atoms with van der Waals surface area (Å²) in [4.78, 5) is 10.1. The monoisotopic (exact) mass is 204 g/mol. The van der Waals surface area contributed by atoms with E-state index in [1.165, 1.54) is 0 Å². The quantitative estimate of drug-likeness (QED) is 0.275. The van der Waals surface area contributed by atoms with E-state index in [4.69, 9.17) is 14.0 Å². The molecular formula is C6H14NaO4P. The molecule has 0 aliphatic rings. The van der Waals surface area contributed by atoms with Gasteiger partial charge < -0.3 is 18.9 Å². The van der Waals surface area contributed by atoms with Crippen LogP contribution in [0.4, 0.5) is 0 Å². The van der Waals surface area contributed by atoms with Crippen LogP contribution in [0.15, 0.2) is 0 Å². The number of ether oxygens (including phenoxy) is 2. The van der Waals surface area contributed by atoms with Crippen LogP contribution >= 0.6 is 9.03 Å². The Morgan fingerprint density at radius 2 is 1.67 bits per heavy atom. The summed E-state index contributed by atoms with van der Waals surface area (Å²) in [6.45, 7) is 6.13. The maximum absolute atomic E-state index is 10.1. The Kier molecular flexibility index (Phi) is 11.6. The van der Waals surface area contributed by atoms with Gasteiger partial charge in [-0.2, -0.15) is 0 Å². The first-order valence-corrected chi connectivity index (χ1v) is 4.33. The largest absolute Gasteiger partial charge is 1.00 e. The first-order valence-electron chi connectivity index (χ1n) is 3.51. The Morgan fingerprint density at radius 1 is 1.25 bits per heavy atom. The molecule has 0 radical (unpaired) electrons. The minimum atomic E-state index is -1.15. The summed E-state index contributed by atoms with van der Waals surface area (Å²) < 4.78 is 14.9. The number of rotatable bonds is 6. The van der Waals surface area contributed by atoms with Crippen LogP contribution in [0.1, 0.15) is 20.8 Å². The molecule has 0 aromatic carbocycles. The minimum absolute atomic E-state index is 0. The summed E-state index contributed by atoms with van der Waals surface area (Å²) in [6.07, 6.45) is 0. The fourth-order valence-corrected chi connectivity index (χ4v) is 0.970. The van der Waals surface area contributed by atoms with Gasteiger partial charge in [0, 0.05) is 20.1 Å². The maximum Gasteiger partial charge on any atom is 1.00 e. The van der Waals surface area contributed by atoms with Crippen LogP contribution in [0.5, 0.6) is 0 Å². The SMILES string of the molecule is CCOC(C)(OCC)OP[O-].[Na+]. The molecule has 1 unspecified atom stereocenters. The standard InChI is InChI=1S/C6H14O4P.Na/c1-4-8-6(3,9-5-2)10-11-7;/h11H,4-5H2,1-3H3;/q-1;+1. The molecule has 0 spiro atoms. The van der Waals surface area contributed by atoms with Crippen molar-refractivity contribution < 1.29 is 48.4 Å². The smallest absolute Gasteiger partial charge is 0.810 e. The zero-order valence-corrected chi connectivity index (χ0v) is 11.0. The molecule has 0 heterocycles. The predicted molar refractivity (Wildman–Crippen MR) is 41.1 cm³/mol. The van der Waals surface area contributed by atoms with E-state index in [-0.39, 0.29) is 29.6 Å². The summed E-state index contributed by atoms with van der Waals surface area (Å²) in [5.41, 5.74) is 0. The molecule has 0 saturated carbocycles. The Labute approximate surface area is 97.2 Å². The first kappa shape index (κ1) is 15.7. The van der Waals surface area contributed by atoms with Gasteiger partial charge in [-0.15, -0.1) is 0 Å². The van der Waals surface area contributed by atoms with Gasteiger partial charge in [0.25, 0.3) is 5.97 Å². The third-order valence-corrected chi connectivity index (χ3v) is 1.49. The van der Waals surface area contributed by atoms with E-state index >= 15 is 0 Å². The average molecular weight is 204 g/mol. The van der Waals surface area contributed by atoms with Gasteiger partial charge in [-0.25, -0.2) is 0 Å². The van der Waals surface area contributed by atoms with Crippen molar-refractivity contribution in [2.75, 3.05) is 13.2 Å². The Balaban J connectivity index is 0. The van der Waals surface area contributed by atoms with Crippen LogP contribution in [0, 0.1) is 0 Å². The number of hydrogen-bond acceptors (Lipinski definition) is 4. The summed E-state index contributed by atoms with van der Waals surface area (Å²) >= 11 is 0. The summed E-state index contributed by atoms with van der Waals surface area (Å²) in [5.74, 6) is -1.15. The Bertz CT molecular complexity index is 86.5. The molecule has 0 rings (SSSR count). The molecule has 0 N–H and O–H groups in total. The van der Waals surface area contributed by atoms with Crippen molar-refractivity contribution in [1.82, 2.24) is 0 Å². The van der Waals surface area contributed by atoms with E-state index in [1.807, 2.05) is 13.8 Å². The van der Waals surface area contributed by atoms with Crippen molar-refractivity contribution in [2.45, 2.75) is 26.7 Å². The molecule has 0 fully saturated rings. The van der Waals surface area contributed by atoms with Gasteiger partial charge in [0.2, 0.25) is 0 Å². The molecule has 0 saturated heterocycles. The molecule has 0 aliphatic carbocycles. The van der Waals surface area contributed by atoms with E-state index in [2.05, 4.69) is 0 Å². The summed E-state index contributed by atoms with van der Waals surface area (Å²) in [7, 11) is -0.871. The molecule has 1 atom stereocenters. The van der Waals surface area contributed by atoms with Crippen molar-refractivity contribution >= 4 is 9.03 Å². The van der Waals surface area contributed by atoms with Crippen LogP contribution < -0.4 is 34.5 Å². The molecule has 0 aromatic heterocycles. The van der Waals surface area contributed by atoms with Gasteiger partial charge >= 0.3 is 29.6 Å². The summed E-state index contributed by atoms with van der Waals surface area (Å²) in [5, 5.41) is 0. The van der Waals surface area contributed by atoms with Crippen LogP contribution in [0.3, 0.4) is 0 Å². The van der Waals surface area contributed by atoms with Crippen LogP contribution in [0.2, 0.25) is 0 Å². The second kappa shape index (κ2) is 8.85. The van der Waals surface area contributed by atoms with Gasteiger partial charge in [-0.1, -0.05) is 9.03 Å². The fourth-order valence-electron chi connectivity index (χ4n) is 0.701. The van der Waals surface area contributed by atoms with Crippen molar-refractivity contribution in [3.63, 3.8) is 0 Å². The molecule has 0 bridgehead atoms. The Hall–Kier alpha value is 1.27. The molecule has 4 nitrogen and oxygen atoms in total. The Morgan fingerprint density at radius 3 is 1.92 bits per heavy atom. The van der Waals surface area contributed by atoms with Crippen molar-refractivity contribution in [3.8, 4) is 0 Å². The minimum Gasteiger partial charge on any atom is -0.810 e. The fraction of sp³-hybridized carbons (Fsp3) is 1.00. The predicted octanol–water partition coefficient (Wildman–Crippen LogP) is -2.38. The molecule has 6 heteroatoms. The topological polar surface area (TPSA) is 50.8 Å². The zero-order chi connectivity index (χ0) is 8.74. The first-order chi connectivity index (χ1) is 5.18. The van der Waals surface area contributed by atoms with Crippen molar-refractivity contribution in [1.29, 1.82) is 0 Å². The second-order valence-electron chi connectivity index (χ2n) is 1.91. The zero-order valence-electron chi connectivity index (χ0n) is 8.05. The van der Waals surface area contributed by atoms with Crippen molar-refractivity contribution in [2.24, 2.45) is 0 Å². The van der Waals surface area contributed by atoms with E-state index in [0.29, 0.717) is 13.2 Å². The maximum atomic E-state index is 10.1. The van der Waals surface area contributed by atoms with E-state index in [0.717, 1.165) is 0 Å². The number of hydrogen-bond donors (Lipinski definition) is 0. The van der Waals surface area contributed by atoms with E-state index < -0.39 is 15.0 Å². The molecule has 68 valence electrons. The summed E-state index contributed by atoms with van der Waals surface area (Å²) in [6, 6.07) is 0.